The smallest absolute Gasteiger partial charge is 0.0566 e. The summed E-state index contributed by atoms with van der Waals surface area (Å²) in [4.78, 5) is 0. The standard InChI is InChI=1S/C8H17NO/c1-2-8(10)7-3-5-9-6-4-7/h7-10H,2-6H2,1H3. The Morgan fingerprint density at radius 1 is 1.50 bits per heavy atom. The molecule has 1 atom stereocenters. The van der Waals surface area contributed by atoms with E-state index in [1.165, 1.54) is 0 Å². The molecule has 0 bridgehead atoms. The van der Waals surface area contributed by atoms with Gasteiger partial charge in [-0.2, -0.15) is 0 Å². The first-order chi connectivity index (χ1) is 4.84. The van der Waals surface area contributed by atoms with Gasteiger partial charge in [0.25, 0.3) is 0 Å². The maximum absolute atomic E-state index is 9.45. The highest BCUT2D eigenvalue weighted by Gasteiger charge is 2.19. The van der Waals surface area contributed by atoms with Crippen molar-refractivity contribution in [2.75, 3.05) is 13.1 Å². The summed E-state index contributed by atoms with van der Waals surface area (Å²) < 4.78 is 0. The molecule has 0 spiro atoms. The zero-order valence-electron chi connectivity index (χ0n) is 6.64. The largest absolute Gasteiger partial charge is 0.393 e. The molecule has 0 aromatic carbocycles. The van der Waals surface area contributed by atoms with Crippen molar-refractivity contribution in [2.45, 2.75) is 32.3 Å². The number of rotatable bonds is 2. The maximum Gasteiger partial charge on any atom is 0.0566 e. The lowest BCUT2D eigenvalue weighted by Gasteiger charge is -2.26. The van der Waals surface area contributed by atoms with E-state index in [2.05, 4.69) is 5.32 Å². The minimum absolute atomic E-state index is 0.0536. The molecule has 0 amide bonds. The van der Waals surface area contributed by atoms with E-state index in [9.17, 15) is 5.11 Å². The Labute approximate surface area is 62.6 Å². The Balaban J connectivity index is 2.24. The van der Waals surface area contributed by atoms with Gasteiger partial charge < -0.3 is 10.4 Å². The van der Waals surface area contributed by atoms with Gasteiger partial charge in [0.05, 0.1) is 6.10 Å². The average Bonchev–Trinajstić information content (AvgIpc) is 2.05. The van der Waals surface area contributed by atoms with Crippen molar-refractivity contribution >= 4 is 0 Å². The summed E-state index contributed by atoms with van der Waals surface area (Å²) in [6.07, 6.45) is 3.15. The molecular weight excluding hydrogens is 126 g/mol. The molecule has 2 heteroatoms. The lowest BCUT2D eigenvalue weighted by atomic mass is 9.91. The van der Waals surface area contributed by atoms with Crippen LogP contribution < -0.4 is 5.32 Å². The third-order valence-electron chi connectivity index (χ3n) is 2.35. The number of piperidine rings is 1. The van der Waals surface area contributed by atoms with Gasteiger partial charge in [-0.15, -0.1) is 0 Å². The summed E-state index contributed by atoms with van der Waals surface area (Å²) in [5.74, 6) is 0.561. The molecular formula is C8H17NO. The molecule has 2 nitrogen and oxygen atoms in total. The van der Waals surface area contributed by atoms with Crippen LogP contribution in [0.15, 0.2) is 0 Å². The lowest BCUT2D eigenvalue weighted by molar-refractivity contribution is 0.0855. The predicted molar refractivity (Wildman–Crippen MR) is 41.9 cm³/mol. The van der Waals surface area contributed by atoms with Crippen LogP contribution >= 0.6 is 0 Å². The van der Waals surface area contributed by atoms with Gasteiger partial charge in [0.1, 0.15) is 0 Å². The molecule has 0 saturated carbocycles. The average molecular weight is 143 g/mol. The zero-order valence-corrected chi connectivity index (χ0v) is 6.64. The Kier molecular flexibility index (Phi) is 3.16. The molecule has 0 aliphatic carbocycles. The van der Waals surface area contributed by atoms with Gasteiger partial charge in [-0.05, 0) is 38.3 Å². The summed E-state index contributed by atoms with van der Waals surface area (Å²) in [7, 11) is 0. The van der Waals surface area contributed by atoms with E-state index in [0.717, 1.165) is 32.4 Å². The minimum atomic E-state index is -0.0536. The zero-order chi connectivity index (χ0) is 7.40. The van der Waals surface area contributed by atoms with Crippen LogP contribution in [0.3, 0.4) is 0 Å². The first-order valence-corrected chi connectivity index (χ1v) is 4.23. The van der Waals surface area contributed by atoms with Gasteiger partial charge in [-0.1, -0.05) is 6.92 Å². The summed E-state index contributed by atoms with van der Waals surface area (Å²) >= 11 is 0. The molecule has 1 rings (SSSR count). The second-order valence-electron chi connectivity index (χ2n) is 3.06. The fraction of sp³-hybridized carbons (Fsp3) is 1.00. The summed E-state index contributed by atoms with van der Waals surface area (Å²) in [5, 5.41) is 12.7. The minimum Gasteiger partial charge on any atom is -0.393 e. The first-order valence-electron chi connectivity index (χ1n) is 4.23. The Morgan fingerprint density at radius 3 is 2.60 bits per heavy atom. The van der Waals surface area contributed by atoms with E-state index in [1.807, 2.05) is 6.92 Å². The van der Waals surface area contributed by atoms with Gasteiger partial charge in [-0.3, -0.25) is 0 Å². The Morgan fingerprint density at radius 2 is 2.10 bits per heavy atom. The van der Waals surface area contributed by atoms with Crippen molar-refractivity contribution in [3.63, 3.8) is 0 Å². The SMILES string of the molecule is CCC(O)C1CCNCC1. The second kappa shape index (κ2) is 3.94. The Bertz CT molecular complexity index is 89.3. The number of nitrogens with one attached hydrogen (secondary N) is 1. The highest BCUT2D eigenvalue weighted by molar-refractivity contribution is 4.73. The number of hydrogen-bond donors (Lipinski definition) is 2. The van der Waals surface area contributed by atoms with E-state index in [0.29, 0.717) is 5.92 Å². The van der Waals surface area contributed by atoms with Crippen LogP contribution in [-0.4, -0.2) is 24.3 Å². The normalized spacial score (nSPS) is 24.6. The van der Waals surface area contributed by atoms with Gasteiger partial charge in [0.15, 0.2) is 0 Å². The molecule has 1 aliphatic heterocycles. The van der Waals surface area contributed by atoms with Gasteiger partial charge in [-0.25, -0.2) is 0 Å². The van der Waals surface area contributed by atoms with Crippen molar-refractivity contribution in [1.29, 1.82) is 0 Å². The molecule has 0 aromatic heterocycles. The van der Waals surface area contributed by atoms with Crippen molar-refractivity contribution < 1.29 is 5.11 Å². The fourth-order valence-corrected chi connectivity index (χ4v) is 1.56. The monoisotopic (exact) mass is 143 g/mol. The van der Waals surface area contributed by atoms with E-state index in [1.54, 1.807) is 0 Å². The quantitative estimate of drug-likeness (QED) is 0.598. The third-order valence-corrected chi connectivity index (χ3v) is 2.35. The van der Waals surface area contributed by atoms with Crippen LogP contribution in [0.2, 0.25) is 0 Å². The van der Waals surface area contributed by atoms with Crippen molar-refractivity contribution in [1.82, 2.24) is 5.32 Å². The van der Waals surface area contributed by atoms with E-state index >= 15 is 0 Å². The molecule has 1 aliphatic rings. The summed E-state index contributed by atoms with van der Waals surface area (Å²) in [5.41, 5.74) is 0. The van der Waals surface area contributed by atoms with Crippen LogP contribution in [0.25, 0.3) is 0 Å². The topological polar surface area (TPSA) is 32.3 Å². The second-order valence-corrected chi connectivity index (χ2v) is 3.06. The molecule has 1 saturated heterocycles. The lowest BCUT2D eigenvalue weighted by Crippen LogP contribution is -2.33. The highest BCUT2D eigenvalue weighted by Crippen LogP contribution is 2.17. The Hall–Kier alpha value is -0.0800. The predicted octanol–water partition coefficient (Wildman–Crippen LogP) is 0.757. The fourth-order valence-electron chi connectivity index (χ4n) is 1.56. The van der Waals surface area contributed by atoms with Crippen LogP contribution in [0.1, 0.15) is 26.2 Å². The van der Waals surface area contributed by atoms with Crippen molar-refractivity contribution in [3.05, 3.63) is 0 Å². The molecule has 1 heterocycles. The van der Waals surface area contributed by atoms with Crippen molar-refractivity contribution in [2.24, 2.45) is 5.92 Å². The molecule has 1 fully saturated rings. The van der Waals surface area contributed by atoms with Crippen molar-refractivity contribution in [3.8, 4) is 0 Å². The van der Waals surface area contributed by atoms with Gasteiger partial charge in [0.2, 0.25) is 0 Å². The number of hydrogen-bond acceptors (Lipinski definition) is 2. The molecule has 60 valence electrons. The van der Waals surface area contributed by atoms with Crippen LogP contribution in [0.4, 0.5) is 0 Å². The maximum atomic E-state index is 9.45. The van der Waals surface area contributed by atoms with Gasteiger partial charge >= 0.3 is 0 Å². The van der Waals surface area contributed by atoms with E-state index in [4.69, 9.17) is 0 Å². The van der Waals surface area contributed by atoms with E-state index in [-0.39, 0.29) is 6.10 Å². The van der Waals surface area contributed by atoms with Crippen LogP contribution in [0, 0.1) is 5.92 Å². The highest BCUT2D eigenvalue weighted by atomic mass is 16.3. The molecule has 1 unspecified atom stereocenters. The number of aliphatic hydroxyl groups excluding tert-OH is 1. The first kappa shape index (κ1) is 8.02. The molecule has 2 N–H and O–H groups in total. The van der Waals surface area contributed by atoms with Crippen LogP contribution in [-0.2, 0) is 0 Å². The third kappa shape index (κ3) is 1.96. The number of aliphatic hydroxyl groups is 1. The van der Waals surface area contributed by atoms with Gasteiger partial charge in [0, 0.05) is 0 Å². The summed E-state index contributed by atoms with van der Waals surface area (Å²) in [6, 6.07) is 0. The molecule has 10 heavy (non-hydrogen) atoms. The molecule has 0 aromatic rings. The molecule has 0 radical (unpaired) electrons. The van der Waals surface area contributed by atoms with E-state index < -0.39 is 0 Å². The summed E-state index contributed by atoms with van der Waals surface area (Å²) in [6.45, 7) is 4.22. The van der Waals surface area contributed by atoms with Crippen LogP contribution in [0.5, 0.6) is 0 Å².